The van der Waals surface area contributed by atoms with E-state index in [-0.39, 0.29) is 5.41 Å². The van der Waals surface area contributed by atoms with Crippen LogP contribution in [0, 0.1) is 5.41 Å². The molecule has 0 saturated carbocycles. The van der Waals surface area contributed by atoms with Gasteiger partial charge >= 0.3 is 0 Å². The van der Waals surface area contributed by atoms with Gasteiger partial charge in [-0.1, -0.05) is 0 Å². The van der Waals surface area contributed by atoms with Gasteiger partial charge in [0.25, 0.3) is 0 Å². The topological polar surface area (TPSA) is 46.6 Å². The molecule has 16 heavy (non-hydrogen) atoms. The minimum Gasteiger partial charge on any atom is -0.380 e. The first kappa shape index (κ1) is 12.2. The van der Waals surface area contributed by atoms with Crippen LogP contribution in [0.5, 0.6) is 0 Å². The lowest BCUT2D eigenvalue weighted by Gasteiger charge is -2.37. The number of ether oxygens (including phenoxy) is 1. The summed E-state index contributed by atoms with van der Waals surface area (Å²) in [4.78, 5) is 13.5. The lowest BCUT2D eigenvalue weighted by Crippen LogP contribution is -2.48. The molecule has 0 spiro atoms. The van der Waals surface area contributed by atoms with Gasteiger partial charge in [0.15, 0.2) is 0 Å². The van der Waals surface area contributed by atoms with E-state index in [1.165, 1.54) is 0 Å². The Labute approximate surface area is 98.8 Å². The van der Waals surface area contributed by atoms with Gasteiger partial charge in [0, 0.05) is 48.5 Å². The molecule has 0 aliphatic carbocycles. The second-order valence-electron chi connectivity index (χ2n) is 4.76. The van der Waals surface area contributed by atoms with Crippen molar-refractivity contribution >= 4 is 17.1 Å². The van der Waals surface area contributed by atoms with Gasteiger partial charge < -0.3 is 14.4 Å². The molecule has 0 aromatic heterocycles. The van der Waals surface area contributed by atoms with Crippen LogP contribution in [0.3, 0.4) is 0 Å². The first-order valence-electron chi connectivity index (χ1n) is 5.86. The third kappa shape index (κ3) is 2.90. The molecule has 2 saturated heterocycles. The molecule has 2 aliphatic heterocycles. The molecule has 2 fully saturated rings. The molecule has 0 aromatic rings. The third-order valence-electron chi connectivity index (χ3n) is 3.41. The van der Waals surface area contributed by atoms with Gasteiger partial charge in [-0.25, -0.2) is 0 Å². The number of hydrogen-bond acceptors (Lipinski definition) is 4. The van der Waals surface area contributed by atoms with Crippen LogP contribution in [0.25, 0.3) is 0 Å². The van der Waals surface area contributed by atoms with Gasteiger partial charge in [0.1, 0.15) is 6.29 Å². The molecule has 1 unspecified atom stereocenters. The first-order valence-corrected chi connectivity index (χ1v) is 7.34. The van der Waals surface area contributed by atoms with Gasteiger partial charge in [-0.2, -0.15) is 0 Å². The highest BCUT2D eigenvalue weighted by atomic mass is 32.2. The summed E-state index contributed by atoms with van der Waals surface area (Å²) in [5.41, 5.74) is -0.308. The fourth-order valence-corrected chi connectivity index (χ4v) is 3.54. The largest absolute Gasteiger partial charge is 0.380 e. The van der Waals surface area contributed by atoms with Crippen molar-refractivity contribution in [3.63, 3.8) is 0 Å². The monoisotopic (exact) mass is 245 g/mol. The van der Waals surface area contributed by atoms with Gasteiger partial charge in [-0.3, -0.25) is 4.21 Å². The van der Waals surface area contributed by atoms with Crippen LogP contribution in [0.1, 0.15) is 12.8 Å². The summed E-state index contributed by atoms with van der Waals surface area (Å²) < 4.78 is 16.7. The van der Waals surface area contributed by atoms with E-state index in [1.807, 2.05) is 0 Å². The molecule has 0 radical (unpaired) electrons. The van der Waals surface area contributed by atoms with Crippen molar-refractivity contribution in [2.24, 2.45) is 5.41 Å². The summed E-state index contributed by atoms with van der Waals surface area (Å²) in [7, 11) is -0.644. The van der Waals surface area contributed by atoms with Crippen LogP contribution < -0.4 is 0 Å². The van der Waals surface area contributed by atoms with E-state index in [1.54, 1.807) is 0 Å². The van der Waals surface area contributed by atoms with Crippen molar-refractivity contribution < 1.29 is 13.7 Å². The average molecular weight is 245 g/mol. The zero-order chi connectivity index (χ0) is 11.4. The van der Waals surface area contributed by atoms with Crippen molar-refractivity contribution in [2.75, 3.05) is 44.4 Å². The SMILES string of the molecule is O=CC1(CN2CCS(=O)CC2)CCCOC1. The van der Waals surface area contributed by atoms with E-state index in [2.05, 4.69) is 4.90 Å². The van der Waals surface area contributed by atoms with Gasteiger partial charge in [0.05, 0.1) is 12.0 Å². The standard InChI is InChI=1S/C11H19NO3S/c13-9-11(2-1-5-15-10-11)8-12-3-6-16(14)7-4-12/h9H,1-8,10H2. The van der Waals surface area contributed by atoms with Crippen molar-refractivity contribution in [3.8, 4) is 0 Å². The predicted molar refractivity (Wildman–Crippen MR) is 62.9 cm³/mol. The number of hydrogen-bond donors (Lipinski definition) is 0. The van der Waals surface area contributed by atoms with E-state index >= 15 is 0 Å². The number of carbonyl (C=O) groups is 1. The molecule has 0 amide bonds. The van der Waals surface area contributed by atoms with Crippen molar-refractivity contribution in [2.45, 2.75) is 12.8 Å². The molecule has 4 nitrogen and oxygen atoms in total. The molecule has 0 N–H and O–H groups in total. The molecule has 5 heteroatoms. The van der Waals surface area contributed by atoms with Gasteiger partial charge in [-0.05, 0) is 12.8 Å². The maximum atomic E-state index is 11.3. The highest BCUT2D eigenvalue weighted by Gasteiger charge is 2.35. The summed E-state index contributed by atoms with van der Waals surface area (Å²) in [6.45, 7) is 3.80. The summed E-state index contributed by atoms with van der Waals surface area (Å²) >= 11 is 0. The molecule has 0 bridgehead atoms. The Morgan fingerprint density at radius 2 is 2.12 bits per heavy atom. The third-order valence-corrected chi connectivity index (χ3v) is 4.69. The second kappa shape index (κ2) is 5.38. The van der Waals surface area contributed by atoms with Crippen LogP contribution >= 0.6 is 0 Å². The molecule has 2 rings (SSSR count). The minimum atomic E-state index is -0.644. The molecule has 2 aliphatic rings. The Kier molecular flexibility index (Phi) is 4.10. The fourth-order valence-electron chi connectivity index (χ4n) is 2.41. The van der Waals surface area contributed by atoms with E-state index in [4.69, 9.17) is 4.74 Å². The highest BCUT2D eigenvalue weighted by Crippen LogP contribution is 2.27. The number of rotatable bonds is 3. The quantitative estimate of drug-likeness (QED) is 0.659. The second-order valence-corrected chi connectivity index (χ2v) is 6.46. The zero-order valence-electron chi connectivity index (χ0n) is 9.52. The Morgan fingerprint density at radius 3 is 2.69 bits per heavy atom. The zero-order valence-corrected chi connectivity index (χ0v) is 10.3. The van der Waals surface area contributed by atoms with E-state index in [0.717, 1.165) is 56.9 Å². The lowest BCUT2D eigenvalue weighted by atomic mass is 9.83. The number of carbonyl (C=O) groups excluding carboxylic acids is 1. The van der Waals surface area contributed by atoms with Crippen molar-refractivity contribution in [1.29, 1.82) is 0 Å². The molecule has 1 atom stereocenters. The fraction of sp³-hybridized carbons (Fsp3) is 0.909. The maximum Gasteiger partial charge on any atom is 0.129 e. The lowest BCUT2D eigenvalue weighted by molar-refractivity contribution is -0.125. The molecule has 2 heterocycles. The van der Waals surface area contributed by atoms with Crippen molar-refractivity contribution in [3.05, 3.63) is 0 Å². The summed E-state index contributed by atoms with van der Waals surface area (Å²) in [6.07, 6.45) is 2.96. The maximum absolute atomic E-state index is 11.3. The smallest absolute Gasteiger partial charge is 0.129 e. The van der Waals surface area contributed by atoms with Crippen LogP contribution in [-0.4, -0.2) is 59.7 Å². The summed E-state index contributed by atoms with van der Waals surface area (Å²) in [5.74, 6) is 1.49. The van der Waals surface area contributed by atoms with Crippen LogP contribution in [0.2, 0.25) is 0 Å². The predicted octanol–water partition coefficient (Wildman–Crippen LogP) is 0.0464. The minimum absolute atomic E-state index is 0.308. The van der Waals surface area contributed by atoms with E-state index in [0.29, 0.717) is 6.61 Å². The highest BCUT2D eigenvalue weighted by molar-refractivity contribution is 7.85. The Bertz CT molecular complexity index is 266. The average Bonchev–Trinajstić information content (AvgIpc) is 2.33. The van der Waals surface area contributed by atoms with Crippen molar-refractivity contribution in [1.82, 2.24) is 4.90 Å². The summed E-state index contributed by atoms with van der Waals surface area (Å²) in [5, 5.41) is 0. The van der Waals surface area contributed by atoms with Crippen LogP contribution in [0.4, 0.5) is 0 Å². The van der Waals surface area contributed by atoms with Gasteiger partial charge in [-0.15, -0.1) is 0 Å². The van der Waals surface area contributed by atoms with Gasteiger partial charge in [0.2, 0.25) is 0 Å². The van der Waals surface area contributed by atoms with E-state index in [9.17, 15) is 9.00 Å². The van der Waals surface area contributed by atoms with Crippen LogP contribution in [-0.2, 0) is 20.3 Å². The number of nitrogens with zero attached hydrogens (tertiary/aromatic N) is 1. The summed E-state index contributed by atoms with van der Waals surface area (Å²) in [6, 6.07) is 0. The molecule has 0 aromatic carbocycles. The molecular weight excluding hydrogens is 226 g/mol. The Hall–Kier alpha value is -0.260. The first-order chi connectivity index (χ1) is 7.74. The van der Waals surface area contributed by atoms with Crippen LogP contribution in [0.15, 0.2) is 0 Å². The normalized spacial score (nSPS) is 33.8. The Balaban J connectivity index is 1.90. The molecular formula is C11H19NO3S. The number of aldehydes is 1. The molecule has 92 valence electrons. The Morgan fingerprint density at radius 1 is 1.38 bits per heavy atom. The van der Waals surface area contributed by atoms with E-state index < -0.39 is 10.8 Å².